The van der Waals surface area contributed by atoms with E-state index in [0.29, 0.717) is 56.8 Å². The lowest BCUT2D eigenvalue weighted by atomic mass is 9.97. The van der Waals surface area contributed by atoms with E-state index in [2.05, 4.69) is 96.6 Å². The number of carbonyl (C=O) groups is 1. The second kappa shape index (κ2) is 29.5. The van der Waals surface area contributed by atoms with Crippen LogP contribution in [0.3, 0.4) is 0 Å². The van der Waals surface area contributed by atoms with Gasteiger partial charge in [-0.1, -0.05) is 43.2 Å². The molecule has 2 unspecified atom stereocenters. The Morgan fingerprint density at radius 3 is 0.785 bits per heavy atom. The summed E-state index contributed by atoms with van der Waals surface area (Å²) in [6.45, 7) is 12.6. The largest absolute Gasteiger partial charge is 0.411 e. The van der Waals surface area contributed by atoms with Crippen molar-refractivity contribution < 1.29 is 55.5 Å². The first-order valence-electron chi connectivity index (χ1n) is 32.4. The molecule has 107 heavy (non-hydrogen) atoms. The summed E-state index contributed by atoms with van der Waals surface area (Å²) < 4.78 is 124. The zero-order chi connectivity index (χ0) is 75.8. The number of halogens is 8. The highest BCUT2D eigenvalue weighted by atomic mass is 19.2. The van der Waals surface area contributed by atoms with Crippen molar-refractivity contribution in [1.82, 2.24) is 99.2 Å². The summed E-state index contributed by atoms with van der Waals surface area (Å²) in [6.07, 6.45) is 5.91. The summed E-state index contributed by atoms with van der Waals surface area (Å²) in [4.78, 5) is 27.5. The number of pyridine rings is 4. The number of Topliss-reactive ketones (excluding diaryl/α,β-unsaturated/α-hetero) is 1. The van der Waals surface area contributed by atoms with Gasteiger partial charge >= 0.3 is 0 Å². The average molecular weight is 1460 g/mol. The molecule has 0 aliphatic carbocycles. The minimum Gasteiger partial charge on any atom is -0.411 e. The van der Waals surface area contributed by atoms with Crippen molar-refractivity contribution in [2.75, 3.05) is 0 Å². The Morgan fingerprint density at radius 2 is 0.561 bits per heavy atom. The maximum Gasteiger partial charge on any atom is 0.179 e. The van der Waals surface area contributed by atoms with Crippen molar-refractivity contribution in [2.45, 2.75) is 79.1 Å². The van der Waals surface area contributed by atoms with Gasteiger partial charge in [0.25, 0.3) is 0 Å². The Kier molecular flexibility index (Phi) is 19.8. The monoisotopic (exact) mass is 1460 g/mol. The third-order valence-corrected chi connectivity index (χ3v) is 17.7. The van der Waals surface area contributed by atoms with Crippen LogP contribution in [-0.4, -0.2) is 138 Å². The standard InChI is InChI=1S/3C18H14F2N6O.C18H13F2N5O/c3*1-9(16-12(19)8-14-11(17(16)20)4-3-7-21-14)18-23-22-15-6-5-13(10(2)25-27)24-26(15)18;1-9(16-12(19)8-14-11(17(16)20)4-3-7-21-14)18-23-22-15-6-5-13(10(2)26)24-25(15)18/h3*3-9,27H,1-2H3;3-9H,1-2H3/b3*25-10+;/t2*9-;;/m10../s1. The molecule has 35 heteroatoms. The Bertz CT molecular complexity index is 5840. The Labute approximate surface area is 597 Å². The minimum absolute atomic E-state index is 0.135. The van der Waals surface area contributed by atoms with Crippen molar-refractivity contribution in [3.05, 3.63) is 261 Å². The molecule has 0 aliphatic rings. The molecule has 3 N–H and O–H groups in total. The highest BCUT2D eigenvalue weighted by Gasteiger charge is 2.31. The highest BCUT2D eigenvalue weighted by Crippen LogP contribution is 2.37. The fourth-order valence-electron chi connectivity index (χ4n) is 12.0. The van der Waals surface area contributed by atoms with Crippen LogP contribution in [0.1, 0.15) is 152 Å². The fraction of sp³-hybridized carbons (Fsp3) is 0.167. The van der Waals surface area contributed by atoms with Gasteiger partial charge in [-0.15, -0.1) is 40.8 Å². The van der Waals surface area contributed by atoms with E-state index in [1.54, 1.807) is 139 Å². The van der Waals surface area contributed by atoms with Crippen LogP contribution in [0.4, 0.5) is 35.1 Å². The van der Waals surface area contributed by atoms with Crippen LogP contribution in [0, 0.1) is 46.5 Å². The third kappa shape index (κ3) is 13.5. The molecular formula is C72H55F8N23O4. The van der Waals surface area contributed by atoms with Crippen LogP contribution in [0.5, 0.6) is 0 Å². The van der Waals surface area contributed by atoms with Gasteiger partial charge in [-0.2, -0.15) is 38.5 Å². The number of benzene rings is 4. The van der Waals surface area contributed by atoms with Crippen LogP contribution < -0.4 is 0 Å². The average Bonchev–Trinajstić information content (AvgIpc) is 1.74. The number of rotatable bonds is 12. The predicted octanol–water partition coefficient (Wildman–Crippen LogP) is 13.2. The molecule has 0 saturated carbocycles. The lowest BCUT2D eigenvalue weighted by molar-refractivity contribution is 0.101. The minimum atomic E-state index is -0.774. The van der Waals surface area contributed by atoms with Crippen molar-refractivity contribution in [3.8, 4) is 0 Å². The van der Waals surface area contributed by atoms with Crippen LogP contribution in [0.25, 0.3) is 66.2 Å². The normalized spacial score (nSPS) is 13.2. The van der Waals surface area contributed by atoms with Gasteiger partial charge in [0, 0.05) is 123 Å². The van der Waals surface area contributed by atoms with Gasteiger partial charge in [-0.25, -0.2) is 35.1 Å². The highest BCUT2D eigenvalue weighted by molar-refractivity contribution is 5.98. The van der Waals surface area contributed by atoms with E-state index in [1.807, 2.05) is 0 Å². The molecule has 4 aromatic carbocycles. The zero-order valence-corrected chi connectivity index (χ0v) is 57.2. The van der Waals surface area contributed by atoms with Gasteiger partial charge in [-0.3, -0.25) is 24.7 Å². The maximum absolute atomic E-state index is 15.0. The number of carbonyl (C=O) groups excluding carboxylic acids is 1. The molecule has 16 rings (SSSR count). The van der Waals surface area contributed by atoms with Gasteiger partial charge < -0.3 is 15.6 Å². The summed E-state index contributed by atoms with van der Waals surface area (Å²) in [7, 11) is 0. The Balaban J connectivity index is 0.000000126. The fourth-order valence-corrected chi connectivity index (χ4v) is 12.0. The van der Waals surface area contributed by atoms with E-state index in [-0.39, 0.29) is 101 Å². The van der Waals surface area contributed by atoms with E-state index < -0.39 is 70.2 Å². The third-order valence-electron chi connectivity index (χ3n) is 17.7. The second-order valence-electron chi connectivity index (χ2n) is 24.3. The van der Waals surface area contributed by atoms with E-state index in [1.165, 1.54) is 80.1 Å². The van der Waals surface area contributed by atoms with Crippen molar-refractivity contribution in [1.29, 1.82) is 0 Å². The lowest BCUT2D eigenvalue weighted by Crippen LogP contribution is -2.11. The number of ketones is 1. The van der Waals surface area contributed by atoms with Gasteiger partial charge in [0.1, 0.15) is 86.4 Å². The molecule has 12 aromatic heterocycles. The molecule has 4 atom stereocenters. The first kappa shape index (κ1) is 71.6. The van der Waals surface area contributed by atoms with Gasteiger partial charge in [0.2, 0.25) is 0 Å². The van der Waals surface area contributed by atoms with Gasteiger partial charge in [0.05, 0.1) is 22.1 Å². The van der Waals surface area contributed by atoms with Crippen LogP contribution >= 0.6 is 0 Å². The SMILES string of the molecule is C/C(=N\O)c1ccc2nnc(C(C)c3c(F)cc4ncccc4c3F)n2n1.C/C(=N\O)c1ccc2nnc([C@@H](C)c3c(F)cc4ncccc4c3F)n2n1.C/C(=N\O)c1ccc2nnc([C@H](C)c3c(F)cc4ncccc4c3F)n2n1.CC(=O)c1ccc2nnc(C(C)c3c(F)cc4ncccc4c3F)n2n1. The van der Waals surface area contributed by atoms with Crippen molar-refractivity contribution in [2.24, 2.45) is 15.5 Å². The number of aromatic nitrogens is 20. The van der Waals surface area contributed by atoms with E-state index in [0.717, 1.165) is 0 Å². The lowest BCUT2D eigenvalue weighted by Gasteiger charge is -2.14. The summed E-state index contributed by atoms with van der Waals surface area (Å²) in [6, 6.07) is 30.3. The summed E-state index contributed by atoms with van der Waals surface area (Å²) in [5.74, 6) is -7.90. The number of hydrogen-bond acceptors (Lipinski definition) is 23. The van der Waals surface area contributed by atoms with Crippen LogP contribution in [-0.2, 0) is 0 Å². The Morgan fingerprint density at radius 1 is 0.336 bits per heavy atom. The van der Waals surface area contributed by atoms with E-state index >= 15 is 13.2 Å². The quantitative estimate of drug-likeness (QED) is 0.0336. The molecule has 0 spiro atoms. The molecule has 0 fully saturated rings. The number of nitrogens with zero attached hydrogens (tertiary/aromatic N) is 23. The molecule has 12 heterocycles. The van der Waals surface area contributed by atoms with Gasteiger partial charge in [-0.05, 0) is 118 Å². The predicted molar refractivity (Wildman–Crippen MR) is 372 cm³/mol. The first-order chi connectivity index (χ1) is 51.5. The second-order valence-corrected chi connectivity index (χ2v) is 24.3. The molecule has 0 aliphatic heterocycles. The van der Waals surface area contributed by atoms with E-state index in [4.69, 9.17) is 15.6 Å². The molecule has 538 valence electrons. The Hall–Kier alpha value is -13.8. The molecule has 0 saturated heterocycles. The van der Waals surface area contributed by atoms with E-state index in [9.17, 15) is 26.7 Å². The molecule has 16 aromatic rings. The number of oxime groups is 3. The van der Waals surface area contributed by atoms with Crippen molar-refractivity contribution >= 4 is 89.1 Å². The molecular weight excluding hydrogens is 1400 g/mol. The van der Waals surface area contributed by atoms with Crippen LogP contribution in [0.2, 0.25) is 0 Å². The number of hydrogen-bond donors (Lipinski definition) is 3. The smallest absolute Gasteiger partial charge is 0.179 e. The topological polar surface area (TPSA) is 339 Å². The van der Waals surface area contributed by atoms with Crippen LogP contribution in [0.15, 0.2) is 162 Å². The molecule has 27 nitrogen and oxygen atoms in total. The number of fused-ring (bicyclic) bond motifs is 8. The molecule has 0 radical (unpaired) electrons. The maximum atomic E-state index is 15.0. The summed E-state index contributed by atoms with van der Waals surface area (Å²) in [5.41, 5.74) is 4.29. The molecule has 0 amide bonds. The summed E-state index contributed by atoms with van der Waals surface area (Å²) in [5, 5.41) is 86.4. The zero-order valence-electron chi connectivity index (χ0n) is 57.2. The van der Waals surface area contributed by atoms with Gasteiger partial charge in [0.15, 0.2) is 51.7 Å². The molecule has 0 bridgehead atoms. The van der Waals surface area contributed by atoms with Crippen molar-refractivity contribution in [3.63, 3.8) is 0 Å². The first-order valence-corrected chi connectivity index (χ1v) is 32.4. The summed E-state index contributed by atoms with van der Waals surface area (Å²) >= 11 is 0.